The highest BCUT2D eigenvalue weighted by Crippen LogP contribution is 2.36. The highest BCUT2D eigenvalue weighted by atomic mass is 32.2. The molecule has 1 aliphatic rings. The SMILES string of the molecule is Cn1cc(S(=O)(=O)N2c3ccccc3CC[C@H]2C(=O)Nc2ccccc2F)cc1C(N)=O. The molecule has 32 heavy (non-hydrogen) atoms. The molecule has 0 aliphatic carbocycles. The molecule has 0 unspecified atom stereocenters. The Hall–Kier alpha value is -3.66. The van der Waals surface area contributed by atoms with Crippen molar-refractivity contribution < 1.29 is 22.4 Å². The minimum atomic E-state index is -4.26. The maximum Gasteiger partial charge on any atom is 0.266 e. The Labute approximate surface area is 184 Å². The number of fused-ring (bicyclic) bond motifs is 1. The Bertz CT molecular complexity index is 1320. The molecule has 8 nitrogen and oxygen atoms in total. The minimum absolute atomic E-state index is 0.0150. The van der Waals surface area contributed by atoms with Crippen molar-refractivity contribution in [3.8, 4) is 0 Å². The van der Waals surface area contributed by atoms with Gasteiger partial charge in [0.05, 0.1) is 11.4 Å². The van der Waals surface area contributed by atoms with Gasteiger partial charge in [0.2, 0.25) is 5.91 Å². The number of primary amides is 1. The van der Waals surface area contributed by atoms with E-state index in [0.717, 1.165) is 9.87 Å². The van der Waals surface area contributed by atoms with E-state index >= 15 is 0 Å². The quantitative estimate of drug-likeness (QED) is 0.614. The smallest absolute Gasteiger partial charge is 0.266 e. The van der Waals surface area contributed by atoms with E-state index in [4.69, 9.17) is 5.73 Å². The van der Waals surface area contributed by atoms with Crippen molar-refractivity contribution in [1.82, 2.24) is 4.57 Å². The number of nitrogens with one attached hydrogen (secondary N) is 1. The lowest BCUT2D eigenvalue weighted by Crippen LogP contribution is -2.50. The Morgan fingerprint density at radius 2 is 1.81 bits per heavy atom. The fraction of sp³-hybridized carbons (Fsp3) is 0.182. The molecule has 3 N–H and O–H groups in total. The molecule has 1 aliphatic heterocycles. The van der Waals surface area contributed by atoms with Crippen LogP contribution in [-0.4, -0.2) is 30.8 Å². The number of sulfonamides is 1. The summed E-state index contributed by atoms with van der Waals surface area (Å²) in [7, 11) is -2.75. The molecule has 2 heterocycles. The zero-order valence-corrected chi connectivity index (χ0v) is 18.0. The molecule has 0 fully saturated rings. The average molecular weight is 456 g/mol. The van der Waals surface area contributed by atoms with E-state index in [2.05, 4.69) is 5.32 Å². The number of benzene rings is 2. The Morgan fingerprint density at radius 3 is 2.50 bits per heavy atom. The maximum absolute atomic E-state index is 14.1. The molecule has 3 aromatic rings. The summed E-state index contributed by atoms with van der Waals surface area (Å²) in [5.41, 5.74) is 6.43. The van der Waals surface area contributed by atoms with Crippen LogP contribution in [0.4, 0.5) is 15.8 Å². The number of anilines is 2. The number of halogens is 1. The van der Waals surface area contributed by atoms with Crippen molar-refractivity contribution in [3.05, 3.63) is 77.9 Å². The summed E-state index contributed by atoms with van der Waals surface area (Å²) in [4.78, 5) is 24.6. The van der Waals surface area contributed by atoms with Crippen LogP contribution in [0.1, 0.15) is 22.5 Å². The summed E-state index contributed by atoms with van der Waals surface area (Å²) >= 11 is 0. The number of hydrogen-bond acceptors (Lipinski definition) is 4. The van der Waals surface area contributed by atoms with E-state index in [0.29, 0.717) is 12.1 Å². The number of rotatable bonds is 5. The van der Waals surface area contributed by atoms with Crippen molar-refractivity contribution in [2.75, 3.05) is 9.62 Å². The highest BCUT2D eigenvalue weighted by Gasteiger charge is 2.40. The monoisotopic (exact) mass is 456 g/mol. The van der Waals surface area contributed by atoms with Gasteiger partial charge in [-0.2, -0.15) is 0 Å². The lowest BCUT2D eigenvalue weighted by Gasteiger charge is -2.36. The van der Waals surface area contributed by atoms with E-state index in [1.807, 2.05) is 0 Å². The highest BCUT2D eigenvalue weighted by molar-refractivity contribution is 7.93. The topological polar surface area (TPSA) is 114 Å². The summed E-state index contributed by atoms with van der Waals surface area (Å²) in [6.07, 6.45) is 1.95. The first kappa shape index (κ1) is 21.6. The molecule has 4 rings (SSSR count). The third-order valence-corrected chi connectivity index (χ3v) is 7.21. The fourth-order valence-electron chi connectivity index (χ4n) is 3.86. The number of carbonyl (C=O) groups excluding carboxylic acids is 2. The van der Waals surface area contributed by atoms with E-state index < -0.39 is 33.7 Å². The first-order valence-electron chi connectivity index (χ1n) is 9.84. The van der Waals surface area contributed by atoms with Crippen molar-refractivity contribution in [2.24, 2.45) is 12.8 Å². The second kappa shape index (κ2) is 8.12. The summed E-state index contributed by atoms with van der Waals surface area (Å²) in [5, 5.41) is 2.50. The van der Waals surface area contributed by atoms with Gasteiger partial charge < -0.3 is 15.6 Å². The molecule has 1 aromatic heterocycles. The third kappa shape index (κ3) is 3.73. The number of aromatic nitrogens is 1. The number of amides is 2. The summed E-state index contributed by atoms with van der Waals surface area (Å²) < 4.78 is 43.8. The largest absolute Gasteiger partial charge is 0.364 e. The molecule has 0 radical (unpaired) electrons. The molecule has 1 atom stereocenters. The van der Waals surface area contributed by atoms with Crippen LogP contribution in [0.2, 0.25) is 0 Å². The van der Waals surface area contributed by atoms with Gasteiger partial charge in [0, 0.05) is 13.2 Å². The van der Waals surface area contributed by atoms with Crippen LogP contribution < -0.4 is 15.4 Å². The van der Waals surface area contributed by atoms with Crippen molar-refractivity contribution >= 4 is 33.2 Å². The predicted octanol–water partition coefficient (Wildman–Crippen LogP) is 2.41. The van der Waals surface area contributed by atoms with E-state index in [9.17, 15) is 22.4 Å². The number of nitrogens with two attached hydrogens (primary N) is 1. The van der Waals surface area contributed by atoms with Crippen LogP contribution in [-0.2, 0) is 28.3 Å². The lowest BCUT2D eigenvalue weighted by molar-refractivity contribution is -0.117. The molecule has 166 valence electrons. The van der Waals surface area contributed by atoms with Gasteiger partial charge in [0.1, 0.15) is 22.4 Å². The molecule has 0 saturated heterocycles. The third-order valence-electron chi connectivity index (χ3n) is 5.42. The Kier molecular flexibility index (Phi) is 5.47. The molecule has 0 saturated carbocycles. The van der Waals surface area contributed by atoms with Gasteiger partial charge >= 0.3 is 0 Å². The Balaban J connectivity index is 1.79. The van der Waals surface area contributed by atoms with Crippen LogP contribution in [0.3, 0.4) is 0 Å². The van der Waals surface area contributed by atoms with Gasteiger partial charge in [0.15, 0.2) is 0 Å². The summed E-state index contributed by atoms with van der Waals surface area (Å²) in [6, 6.07) is 12.6. The van der Waals surface area contributed by atoms with E-state index in [1.165, 1.54) is 42.1 Å². The minimum Gasteiger partial charge on any atom is -0.364 e. The summed E-state index contributed by atoms with van der Waals surface area (Å²) in [6.45, 7) is 0. The molecule has 2 amide bonds. The van der Waals surface area contributed by atoms with Crippen LogP contribution in [0.5, 0.6) is 0 Å². The van der Waals surface area contributed by atoms with Crippen LogP contribution in [0, 0.1) is 5.82 Å². The van der Waals surface area contributed by atoms with Gasteiger partial charge in [-0.05, 0) is 42.7 Å². The number of hydrogen-bond donors (Lipinski definition) is 2. The number of carbonyl (C=O) groups is 2. The van der Waals surface area contributed by atoms with E-state index in [1.54, 1.807) is 30.3 Å². The van der Waals surface area contributed by atoms with Crippen molar-refractivity contribution in [3.63, 3.8) is 0 Å². The first-order valence-corrected chi connectivity index (χ1v) is 11.3. The van der Waals surface area contributed by atoms with Crippen LogP contribution >= 0.6 is 0 Å². The molecule has 0 bridgehead atoms. The maximum atomic E-state index is 14.1. The number of aryl methyl sites for hydroxylation is 2. The molecule has 0 spiro atoms. The van der Waals surface area contributed by atoms with E-state index in [-0.39, 0.29) is 22.7 Å². The second-order valence-electron chi connectivity index (χ2n) is 7.49. The first-order chi connectivity index (χ1) is 15.2. The number of nitrogens with zero attached hydrogens (tertiary/aromatic N) is 2. The van der Waals surface area contributed by atoms with Crippen molar-refractivity contribution in [2.45, 2.75) is 23.8 Å². The summed E-state index contributed by atoms with van der Waals surface area (Å²) in [5.74, 6) is -2.05. The normalized spacial score (nSPS) is 15.8. The molecule has 2 aromatic carbocycles. The molecule has 10 heteroatoms. The zero-order valence-electron chi connectivity index (χ0n) is 17.2. The molecular weight excluding hydrogens is 435 g/mol. The predicted molar refractivity (Wildman–Crippen MR) is 117 cm³/mol. The van der Waals surface area contributed by atoms with Gasteiger partial charge in [-0.15, -0.1) is 0 Å². The second-order valence-corrected chi connectivity index (χ2v) is 9.30. The van der Waals surface area contributed by atoms with Gasteiger partial charge in [0.25, 0.3) is 15.9 Å². The van der Waals surface area contributed by atoms with Crippen LogP contribution in [0.15, 0.2) is 65.7 Å². The standard InChI is InChI=1S/C22H21FN4O4S/c1-26-13-15(12-20(26)21(24)28)32(30,31)27-18-9-5-2-6-14(18)10-11-19(27)22(29)25-17-8-4-3-7-16(17)23/h2-9,12-13,19H,10-11H2,1H3,(H2,24,28)(H,25,29)/t19-/m0/s1. The van der Waals surface area contributed by atoms with Crippen LogP contribution in [0.25, 0.3) is 0 Å². The lowest BCUT2D eigenvalue weighted by atomic mass is 9.97. The average Bonchev–Trinajstić information content (AvgIpc) is 3.17. The van der Waals surface area contributed by atoms with Gasteiger partial charge in [-0.3, -0.25) is 13.9 Å². The Morgan fingerprint density at radius 1 is 1.12 bits per heavy atom. The molecular formula is C22H21FN4O4S. The number of para-hydroxylation sites is 2. The van der Waals surface area contributed by atoms with Gasteiger partial charge in [-0.25, -0.2) is 12.8 Å². The zero-order chi connectivity index (χ0) is 23.0. The van der Waals surface area contributed by atoms with Crippen molar-refractivity contribution in [1.29, 1.82) is 0 Å². The fourth-order valence-corrected chi connectivity index (χ4v) is 5.61. The van der Waals surface area contributed by atoms with Gasteiger partial charge in [-0.1, -0.05) is 30.3 Å².